The van der Waals surface area contributed by atoms with E-state index in [1.54, 1.807) is 45.2 Å². The summed E-state index contributed by atoms with van der Waals surface area (Å²) < 4.78 is 43.0. The summed E-state index contributed by atoms with van der Waals surface area (Å²) in [4.78, 5) is 19.5. The zero-order valence-corrected chi connectivity index (χ0v) is 18.8. The number of halogens is 3. The summed E-state index contributed by atoms with van der Waals surface area (Å²) >= 11 is 0. The van der Waals surface area contributed by atoms with E-state index >= 15 is 0 Å². The van der Waals surface area contributed by atoms with E-state index in [2.05, 4.69) is 15.3 Å². The van der Waals surface area contributed by atoms with Gasteiger partial charge in [-0.05, 0) is 44.6 Å². The lowest BCUT2D eigenvalue weighted by atomic mass is 9.97. The quantitative estimate of drug-likeness (QED) is 0.540. The molecule has 0 unspecified atom stereocenters. The van der Waals surface area contributed by atoms with Crippen molar-refractivity contribution in [1.82, 2.24) is 29.8 Å². The van der Waals surface area contributed by atoms with Crippen molar-refractivity contribution in [3.8, 4) is 17.3 Å². The fraction of sp³-hybridized carbons (Fsp3) is 0.409. The Bertz CT molecular complexity index is 1210. The standard InChI is InChI=1S/C22H24F3N7O/c1-30(2)13-20(33)31(3)9-5-6-14-7-8-15(10-16(14)22(23,24)25)17-11-19-21(18(12-26)27-17)28-29-32(19)4/h7-8,10-11H,5-6,9,13H2,1-4H3. The van der Waals surface area contributed by atoms with Crippen molar-refractivity contribution in [2.45, 2.75) is 19.0 Å². The third kappa shape index (κ3) is 5.46. The first-order valence-corrected chi connectivity index (χ1v) is 10.2. The van der Waals surface area contributed by atoms with Crippen molar-refractivity contribution >= 4 is 16.9 Å². The Morgan fingerprint density at radius 3 is 2.58 bits per heavy atom. The molecule has 0 radical (unpaired) electrons. The Morgan fingerprint density at radius 1 is 1.21 bits per heavy atom. The highest BCUT2D eigenvalue weighted by Gasteiger charge is 2.33. The minimum absolute atomic E-state index is 0.00124. The van der Waals surface area contributed by atoms with Crippen molar-refractivity contribution < 1.29 is 18.0 Å². The maximum Gasteiger partial charge on any atom is 0.416 e. The third-order valence-electron chi connectivity index (χ3n) is 5.23. The molecule has 1 amide bonds. The number of benzene rings is 1. The Labute approximate surface area is 189 Å². The van der Waals surface area contributed by atoms with Gasteiger partial charge in [-0.15, -0.1) is 5.10 Å². The topological polar surface area (TPSA) is 90.9 Å². The molecule has 174 valence electrons. The molecule has 1 aromatic carbocycles. The van der Waals surface area contributed by atoms with Gasteiger partial charge in [-0.3, -0.25) is 4.79 Å². The van der Waals surface area contributed by atoms with Crippen LogP contribution in [-0.4, -0.2) is 69.9 Å². The normalized spacial score (nSPS) is 11.7. The highest BCUT2D eigenvalue weighted by atomic mass is 19.4. The molecular formula is C22H24F3N7O. The number of carbonyl (C=O) groups excluding carboxylic acids is 1. The predicted octanol–water partition coefficient (Wildman–Crippen LogP) is 2.87. The summed E-state index contributed by atoms with van der Waals surface area (Å²) in [5.74, 6) is -0.0918. The smallest absolute Gasteiger partial charge is 0.345 e. The van der Waals surface area contributed by atoms with Gasteiger partial charge in [0.25, 0.3) is 0 Å². The van der Waals surface area contributed by atoms with Gasteiger partial charge in [0.15, 0.2) is 5.69 Å². The lowest BCUT2D eigenvalue weighted by molar-refractivity contribution is -0.138. The second kappa shape index (κ2) is 9.54. The van der Waals surface area contributed by atoms with Gasteiger partial charge >= 0.3 is 6.18 Å². The molecule has 2 aromatic heterocycles. The zero-order chi connectivity index (χ0) is 24.3. The van der Waals surface area contributed by atoms with Gasteiger partial charge in [0.2, 0.25) is 5.91 Å². The van der Waals surface area contributed by atoms with E-state index in [-0.39, 0.29) is 41.4 Å². The van der Waals surface area contributed by atoms with Gasteiger partial charge < -0.3 is 9.80 Å². The lowest BCUT2D eigenvalue weighted by Gasteiger charge is -2.20. The molecule has 11 heteroatoms. The first kappa shape index (κ1) is 24.1. The molecule has 0 saturated carbocycles. The van der Waals surface area contributed by atoms with Crippen molar-refractivity contribution in [2.75, 3.05) is 34.2 Å². The number of pyridine rings is 1. The number of hydrogen-bond acceptors (Lipinski definition) is 6. The lowest BCUT2D eigenvalue weighted by Crippen LogP contribution is -2.35. The van der Waals surface area contributed by atoms with E-state index in [0.29, 0.717) is 24.0 Å². The number of alkyl halides is 3. The maximum atomic E-state index is 13.8. The molecular weight excluding hydrogens is 435 g/mol. The molecule has 0 aliphatic carbocycles. The van der Waals surface area contributed by atoms with Crippen molar-refractivity contribution in [2.24, 2.45) is 7.05 Å². The minimum atomic E-state index is -4.56. The fourth-order valence-corrected chi connectivity index (χ4v) is 3.50. The molecule has 0 saturated heterocycles. The van der Waals surface area contributed by atoms with Crippen LogP contribution in [0.5, 0.6) is 0 Å². The molecule has 2 heterocycles. The summed E-state index contributed by atoms with van der Waals surface area (Å²) in [5, 5.41) is 17.1. The molecule has 0 aliphatic rings. The van der Waals surface area contributed by atoms with E-state index in [4.69, 9.17) is 0 Å². The molecule has 0 atom stereocenters. The molecule has 0 spiro atoms. The number of nitrogens with zero attached hydrogens (tertiary/aromatic N) is 7. The van der Waals surface area contributed by atoms with Gasteiger partial charge in [-0.2, -0.15) is 18.4 Å². The second-order valence-corrected chi connectivity index (χ2v) is 8.08. The summed E-state index contributed by atoms with van der Waals surface area (Å²) in [6.45, 7) is 0.593. The SMILES string of the molecule is CN(C)CC(=O)N(C)CCCc1ccc(-c2cc3c(nnn3C)c(C#N)n2)cc1C(F)(F)F. The van der Waals surface area contributed by atoms with Gasteiger partial charge in [-0.25, -0.2) is 9.67 Å². The second-order valence-electron chi connectivity index (χ2n) is 8.08. The van der Waals surface area contributed by atoms with Crippen LogP contribution in [0.4, 0.5) is 13.2 Å². The van der Waals surface area contributed by atoms with E-state index in [9.17, 15) is 23.2 Å². The van der Waals surface area contributed by atoms with E-state index in [1.165, 1.54) is 15.6 Å². The molecule has 0 aliphatic heterocycles. The van der Waals surface area contributed by atoms with Crippen molar-refractivity contribution in [1.29, 1.82) is 5.26 Å². The molecule has 0 N–H and O–H groups in total. The number of hydrogen-bond donors (Lipinski definition) is 0. The van der Waals surface area contributed by atoms with E-state index in [0.717, 1.165) is 6.07 Å². The van der Waals surface area contributed by atoms with Crippen LogP contribution in [0.25, 0.3) is 22.3 Å². The average Bonchev–Trinajstić information content (AvgIpc) is 3.12. The Balaban J connectivity index is 1.88. The first-order chi connectivity index (χ1) is 15.5. The monoisotopic (exact) mass is 459 g/mol. The number of carbonyl (C=O) groups is 1. The van der Waals surface area contributed by atoms with Crippen LogP contribution in [0.3, 0.4) is 0 Å². The fourth-order valence-electron chi connectivity index (χ4n) is 3.50. The van der Waals surface area contributed by atoms with Crippen molar-refractivity contribution in [3.05, 3.63) is 41.1 Å². The van der Waals surface area contributed by atoms with E-state index < -0.39 is 11.7 Å². The summed E-state index contributed by atoms with van der Waals surface area (Å²) in [5.41, 5.74) is 0.649. The Hall–Kier alpha value is -3.52. The molecule has 33 heavy (non-hydrogen) atoms. The van der Waals surface area contributed by atoms with Crippen LogP contribution in [-0.2, 0) is 24.4 Å². The molecule has 8 nitrogen and oxygen atoms in total. The Kier molecular flexibility index (Phi) is 6.98. The third-order valence-corrected chi connectivity index (χ3v) is 5.23. The predicted molar refractivity (Wildman–Crippen MR) is 116 cm³/mol. The number of nitriles is 1. The van der Waals surface area contributed by atoms with Gasteiger partial charge in [-0.1, -0.05) is 17.3 Å². The average molecular weight is 459 g/mol. The minimum Gasteiger partial charge on any atom is -0.345 e. The highest BCUT2D eigenvalue weighted by molar-refractivity contribution is 5.83. The number of likely N-dealkylation sites (N-methyl/N-ethyl adjacent to an activating group) is 2. The molecule has 0 fully saturated rings. The zero-order valence-electron chi connectivity index (χ0n) is 18.8. The number of fused-ring (bicyclic) bond motifs is 1. The summed E-state index contributed by atoms with van der Waals surface area (Å²) in [6, 6.07) is 7.53. The highest BCUT2D eigenvalue weighted by Crippen LogP contribution is 2.36. The number of amides is 1. The van der Waals surface area contributed by atoms with Crippen LogP contribution < -0.4 is 0 Å². The number of rotatable bonds is 7. The largest absolute Gasteiger partial charge is 0.416 e. The first-order valence-electron chi connectivity index (χ1n) is 10.2. The van der Waals surface area contributed by atoms with Gasteiger partial charge in [0.05, 0.1) is 23.3 Å². The molecule has 3 rings (SSSR count). The van der Waals surface area contributed by atoms with Gasteiger partial charge in [0, 0.05) is 26.2 Å². The summed E-state index contributed by atoms with van der Waals surface area (Å²) in [7, 11) is 6.83. The number of aryl methyl sites for hydroxylation is 2. The summed E-state index contributed by atoms with van der Waals surface area (Å²) in [6.07, 6.45) is -4.01. The Morgan fingerprint density at radius 2 is 1.94 bits per heavy atom. The van der Waals surface area contributed by atoms with Crippen LogP contribution in [0, 0.1) is 11.3 Å². The van der Waals surface area contributed by atoms with Crippen LogP contribution in [0.15, 0.2) is 24.3 Å². The van der Waals surface area contributed by atoms with Crippen LogP contribution in [0.1, 0.15) is 23.2 Å². The van der Waals surface area contributed by atoms with E-state index in [1.807, 2.05) is 6.07 Å². The molecule has 0 bridgehead atoms. The molecule has 3 aromatic rings. The van der Waals surface area contributed by atoms with Crippen molar-refractivity contribution in [3.63, 3.8) is 0 Å². The van der Waals surface area contributed by atoms with Crippen LogP contribution >= 0.6 is 0 Å². The maximum absolute atomic E-state index is 13.8. The number of aromatic nitrogens is 4. The van der Waals surface area contributed by atoms with Gasteiger partial charge in [0.1, 0.15) is 11.6 Å². The van der Waals surface area contributed by atoms with Crippen LogP contribution in [0.2, 0.25) is 0 Å².